The van der Waals surface area contributed by atoms with Gasteiger partial charge in [0.15, 0.2) is 0 Å². The van der Waals surface area contributed by atoms with Crippen LogP contribution in [0.25, 0.3) is 0 Å². The van der Waals surface area contributed by atoms with Crippen LogP contribution in [0.4, 0.5) is 4.39 Å². The number of fused-ring (bicyclic) bond motifs is 2. The van der Waals surface area contributed by atoms with Gasteiger partial charge in [0.25, 0.3) is 0 Å². The highest BCUT2D eigenvalue weighted by Gasteiger charge is 2.57. The maximum Gasteiger partial charge on any atom is 0.312 e. The number of hydrogen-bond acceptors (Lipinski definition) is 2. The summed E-state index contributed by atoms with van der Waals surface area (Å²) in [6, 6.07) is 4.10. The summed E-state index contributed by atoms with van der Waals surface area (Å²) in [5, 5.41) is 9.88. The summed E-state index contributed by atoms with van der Waals surface area (Å²) in [6.45, 7) is 0. The molecule has 2 aliphatic heterocycles. The number of carboxylic acid groups (broad SMARTS) is 1. The molecule has 2 fully saturated rings. The van der Waals surface area contributed by atoms with Crippen molar-refractivity contribution >= 4 is 17.6 Å². The van der Waals surface area contributed by atoms with Crippen LogP contribution in [0.3, 0.4) is 0 Å². The van der Waals surface area contributed by atoms with Gasteiger partial charge < -0.3 is 9.84 Å². The molecular weight excluding hydrogens is 271 g/mol. The standard InChI is InChI=1S/C14H14ClFO3/c15-11-5-9(16)2-1-8(11)6-14(13(17)18)7-10-3-4-12(14)19-10/h1-2,5,10,12H,3-4,6-7H2,(H,17,18). The van der Waals surface area contributed by atoms with E-state index >= 15 is 0 Å². The number of hydrogen-bond donors (Lipinski definition) is 1. The van der Waals surface area contributed by atoms with Crippen LogP contribution in [0.1, 0.15) is 24.8 Å². The predicted molar refractivity (Wildman–Crippen MR) is 67.7 cm³/mol. The van der Waals surface area contributed by atoms with Crippen LogP contribution in [0.5, 0.6) is 0 Å². The maximum absolute atomic E-state index is 13.0. The Morgan fingerprint density at radius 1 is 1.53 bits per heavy atom. The molecule has 0 spiro atoms. The fourth-order valence-corrected chi connectivity index (χ4v) is 3.53. The van der Waals surface area contributed by atoms with Gasteiger partial charge in [-0.05, 0) is 43.4 Å². The number of carbonyl (C=O) groups is 1. The molecule has 2 aliphatic rings. The second-order valence-corrected chi connectivity index (χ2v) is 5.81. The maximum atomic E-state index is 13.0. The summed E-state index contributed by atoms with van der Waals surface area (Å²) in [5.74, 6) is -1.26. The van der Waals surface area contributed by atoms with E-state index in [4.69, 9.17) is 16.3 Å². The molecule has 0 radical (unpaired) electrons. The molecule has 2 saturated heterocycles. The van der Waals surface area contributed by atoms with E-state index in [2.05, 4.69) is 0 Å². The van der Waals surface area contributed by atoms with E-state index in [1.54, 1.807) is 6.07 Å². The first-order valence-electron chi connectivity index (χ1n) is 6.34. The van der Waals surface area contributed by atoms with Crippen LogP contribution in [-0.2, 0) is 16.0 Å². The molecular formula is C14H14ClFO3. The lowest BCUT2D eigenvalue weighted by Gasteiger charge is -2.31. The molecule has 0 aromatic heterocycles. The molecule has 2 heterocycles. The highest BCUT2D eigenvalue weighted by molar-refractivity contribution is 6.31. The molecule has 102 valence electrons. The highest BCUT2D eigenvalue weighted by Crippen LogP contribution is 2.50. The minimum atomic E-state index is -0.912. The summed E-state index contributed by atoms with van der Waals surface area (Å²) in [4.78, 5) is 11.7. The lowest BCUT2D eigenvalue weighted by molar-refractivity contribution is -0.152. The summed E-state index contributed by atoms with van der Waals surface area (Å²) >= 11 is 6.00. The van der Waals surface area contributed by atoms with Crippen LogP contribution in [0.2, 0.25) is 5.02 Å². The van der Waals surface area contributed by atoms with E-state index in [1.165, 1.54) is 12.1 Å². The smallest absolute Gasteiger partial charge is 0.312 e. The molecule has 19 heavy (non-hydrogen) atoms. The van der Waals surface area contributed by atoms with Crippen molar-refractivity contribution in [2.45, 2.75) is 37.9 Å². The van der Waals surface area contributed by atoms with Gasteiger partial charge in [0, 0.05) is 5.02 Å². The van der Waals surface area contributed by atoms with Gasteiger partial charge in [-0.25, -0.2) is 4.39 Å². The third kappa shape index (κ3) is 2.03. The molecule has 1 aromatic rings. The molecule has 0 aliphatic carbocycles. The molecule has 0 amide bonds. The molecule has 1 aromatic carbocycles. The van der Waals surface area contributed by atoms with Gasteiger partial charge >= 0.3 is 5.97 Å². The van der Waals surface area contributed by atoms with E-state index < -0.39 is 17.2 Å². The number of halogens is 2. The Morgan fingerprint density at radius 2 is 2.32 bits per heavy atom. The summed E-state index contributed by atoms with van der Waals surface area (Å²) in [7, 11) is 0. The van der Waals surface area contributed by atoms with Gasteiger partial charge in [0.05, 0.1) is 12.2 Å². The molecule has 5 heteroatoms. The molecule has 1 N–H and O–H groups in total. The van der Waals surface area contributed by atoms with E-state index in [-0.39, 0.29) is 17.2 Å². The van der Waals surface area contributed by atoms with Crippen molar-refractivity contribution in [2.75, 3.05) is 0 Å². The monoisotopic (exact) mass is 284 g/mol. The first-order chi connectivity index (χ1) is 9.01. The number of carboxylic acids is 1. The Labute approximate surface area is 115 Å². The first-order valence-corrected chi connectivity index (χ1v) is 6.72. The van der Waals surface area contributed by atoms with E-state index in [1.807, 2.05) is 0 Å². The van der Waals surface area contributed by atoms with Crippen LogP contribution >= 0.6 is 11.6 Å². The van der Waals surface area contributed by atoms with Crippen LogP contribution in [-0.4, -0.2) is 23.3 Å². The van der Waals surface area contributed by atoms with Crippen molar-refractivity contribution in [2.24, 2.45) is 5.41 Å². The number of aliphatic carboxylic acids is 1. The predicted octanol–water partition coefficient (Wildman–Crippen LogP) is 3.04. The number of benzene rings is 1. The zero-order valence-corrected chi connectivity index (χ0v) is 11.0. The average molecular weight is 285 g/mol. The van der Waals surface area contributed by atoms with Crippen molar-refractivity contribution in [1.29, 1.82) is 0 Å². The Kier molecular flexibility index (Phi) is 3.02. The SMILES string of the molecule is O=C(O)C1(Cc2ccc(F)cc2Cl)CC2CCC1O2. The molecule has 3 atom stereocenters. The highest BCUT2D eigenvalue weighted by atomic mass is 35.5. The van der Waals surface area contributed by atoms with Crippen molar-refractivity contribution in [1.82, 2.24) is 0 Å². The minimum absolute atomic E-state index is 0.0420. The van der Waals surface area contributed by atoms with E-state index in [9.17, 15) is 14.3 Å². The van der Waals surface area contributed by atoms with Gasteiger partial charge in [-0.15, -0.1) is 0 Å². The zero-order valence-electron chi connectivity index (χ0n) is 10.2. The normalized spacial score (nSPS) is 32.7. The molecule has 3 unspecified atom stereocenters. The summed E-state index contributed by atoms with van der Waals surface area (Å²) in [5.41, 5.74) is -0.244. The molecule has 0 saturated carbocycles. The van der Waals surface area contributed by atoms with Gasteiger partial charge in [-0.2, -0.15) is 0 Å². The number of ether oxygens (including phenoxy) is 1. The summed E-state index contributed by atoms with van der Waals surface area (Å²) < 4.78 is 18.7. The van der Waals surface area contributed by atoms with Crippen molar-refractivity contribution in [3.05, 3.63) is 34.6 Å². The first kappa shape index (κ1) is 12.9. The third-order valence-corrected chi connectivity index (χ3v) is 4.61. The quantitative estimate of drug-likeness (QED) is 0.928. The van der Waals surface area contributed by atoms with E-state index in [0.717, 1.165) is 12.8 Å². The fourth-order valence-electron chi connectivity index (χ4n) is 3.29. The summed E-state index contributed by atoms with van der Waals surface area (Å²) in [6.07, 6.45) is 2.30. The van der Waals surface area contributed by atoms with Crippen molar-refractivity contribution < 1.29 is 19.0 Å². The molecule has 2 bridgehead atoms. The van der Waals surface area contributed by atoms with Gasteiger partial charge in [-0.1, -0.05) is 17.7 Å². The van der Waals surface area contributed by atoms with Gasteiger partial charge in [-0.3, -0.25) is 4.79 Å². The van der Waals surface area contributed by atoms with Gasteiger partial charge in [0.1, 0.15) is 11.2 Å². The fraction of sp³-hybridized carbons (Fsp3) is 0.500. The minimum Gasteiger partial charge on any atom is -0.481 e. The van der Waals surface area contributed by atoms with Crippen LogP contribution < -0.4 is 0 Å². The van der Waals surface area contributed by atoms with Crippen molar-refractivity contribution in [3.8, 4) is 0 Å². The molecule has 3 nitrogen and oxygen atoms in total. The second-order valence-electron chi connectivity index (χ2n) is 5.40. The second kappa shape index (κ2) is 4.46. The zero-order chi connectivity index (χ0) is 13.6. The van der Waals surface area contributed by atoms with E-state index in [0.29, 0.717) is 18.4 Å². The third-order valence-electron chi connectivity index (χ3n) is 4.26. The Morgan fingerprint density at radius 3 is 2.84 bits per heavy atom. The Hall–Kier alpha value is -1.13. The van der Waals surface area contributed by atoms with Crippen molar-refractivity contribution in [3.63, 3.8) is 0 Å². The Balaban J connectivity index is 1.93. The topological polar surface area (TPSA) is 46.5 Å². The Bertz CT molecular complexity index is 533. The lowest BCUT2D eigenvalue weighted by Crippen LogP contribution is -2.42. The largest absolute Gasteiger partial charge is 0.481 e. The van der Waals surface area contributed by atoms with Crippen LogP contribution in [0, 0.1) is 11.2 Å². The average Bonchev–Trinajstić information content (AvgIpc) is 2.93. The van der Waals surface area contributed by atoms with Crippen LogP contribution in [0.15, 0.2) is 18.2 Å². The lowest BCUT2D eigenvalue weighted by atomic mass is 9.70. The van der Waals surface area contributed by atoms with Gasteiger partial charge in [0.2, 0.25) is 0 Å². The molecule has 3 rings (SSSR count). The number of rotatable bonds is 3.